The van der Waals surface area contributed by atoms with Crippen LogP contribution in [0.3, 0.4) is 0 Å². The predicted molar refractivity (Wildman–Crippen MR) is 105 cm³/mol. The first kappa shape index (κ1) is 17.6. The van der Waals surface area contributed by atoms with Gasteiger partial charge in [0.1, 0.15) is 0 Å². The summed E-state index contributed by atoms with van der Waals surface area (Å²) in [6.07, 6.45) is 2.14. The lowest BCUT2D eigenvalue weighted by Crippen LogP contribution is -2.42. The van der Waals surface area contributed by atoms with E-state index >= 15 is 0 Å². The van der Waals surface area contributed by atoms with Gasteiger partial charge in [-0.25, -0.2) is 0 Å². The van der Waals surface area contributed by atoms with Crippen LogP contribution in [-0.4, -0.2) is 79.5 Å². The molecule has 3 aliphatic heterocycles. The second-order valence-electron chi connectivity index (χ2n) is 7.43. The molecule has 5 nitrogen and oxygen atoms in total. The topological polar surface area (TPSA) is 31.3 Å². The molecule has 0 amide bonds. The number of rotatable bonds is 6. The first-order valence-corrected chi connectivity index (χ1v) is 9.91. The molecule has 0 aliphatic carbocycles. The van der Waals surface area contributed by atoms with Crippen LogP contribution in [0.5, 0.6) is 0 Å². The first-order chi connectivity index (χ1) is 12.8. The molecule has 0 radical (unpaired) electrons. The van der Waals surface area contributed by atoms with E-state index < -0.39 is 0 Å². The predicted octanol–water partition coefficient (Wildman–Crippen LogP) is 2.21. The normalized spacial score (nSPS) is 21.2. The van der Waals surface area contributed by atoms with E-state index in [1.165, 1.54) is 22.5 Å². The third kappa shape index (κ3) is 4.10. The molecule has 140 valence electrons. The van der Waals surface area contributed by atoms with Crippen molar-refractivity contribution < 1.29 is 4.74 Å². The Bertz CT molecular complexity index is 664. The molecule has 0 N–H and O–H groups in total. The van der Waals surface area contributed by atoms with Crippen molar-refractivity contribution in [2.75, 3.05) is 59.0 Å². The van der Waals surface area contributed by atoms with Crippen molar-refractivity contribution in [3.05, 3.63) is 47.2 Å². The van der Waals surface area contributed by atoms with Gasteiger partial charge < -0.3 is 9.64 Å². The van der Waals surface area contributed by atoms with E-state index in [0.717, 1.165) is 71.9 Å². The number of hydrogen-bond acceptors (Lipinski definition) is 5. The van der Waals surface area contributed by atoms with E-state index in [0.29, 0.717) is 0 Å². The molecular formula is C21H30N4O. The molecule has 0 spiro atoms. The fourth-order valence-electron chi connectivity index (χ4n) is 4.06. The van der Waals surface area contributed by atoms with Crippen LogP contribution in [-0.2, 0) is 11.2 Å². The van der Waals surface area contributed by atoms with E-state index in [-0.39, 0.29) is 0 Å². The van der Waals surface area contributed by atoms with Crippen LogP contribution < -0.4 is 0 Å². The Morgan fingerprint density at radius 2 is 1.81 bits per heavy atom. The fourth-order valence-corrected chi connectivity index (χ4v) is 4.06. The van der Waals surface area contributed by atoms with Crippen molar-refractivity contribution in [1.82, 2.24) is 14.8 Å². The van der Waals surface area contributed by atoms with Gasteiger partial charge in [0.15, 0.2) is 0 Å². The maximum atomic E-state index is 5.45. The average molecular weight is 354 g/mol. The van der Waals surface area contributed by atoms with Gasteiger partial charge in [-0.1, -0.05) is 30.3 Å². The Kier molecular flexibility index (Phi) is 5.56. The van der Waals surface area contributed by atoms with Crippen LogP contribution in [0, 0.1) is 0 Å². The van der Waals surface area contributed by atoms with Crippen molar-refractivity contribution in [3.63, 3.8) is 0 Å². The van der Waals surface area contributed by atoms with E-state index in [4.69, 9.17) is 9.84 Å². The summed E-state index contributed by atoms with van der Waals surface area (Å²) in [5, 5.41) is 7.16. The van der Waals surface area contributed by atoms with Crippen molar-refractivity contribution in [1.29, 1.82) is 0 Å². The van der Waals surface area contributed by atoms with Crippen molar-refractivity contribution in [2.24, 2.45) is 5.10 Å². The average Bonchev–Trinajstić information content (AvgIpc) is 3.12. The Hall–Kier alpha value is -1.85. The molecule has 1 aromatic carbocycles. The van der Waals surface area contributed by atoms with Crippen LogP contribution in [0.2, 0.25) is 0 Å². The number of benzene rings is 1. The van der Waals surface area contributed by atoms with Crippen molar-refractivity contribution in [2.45, 2.75) is 19.8 Å². The van der Waals surface area contributed by atoms with E-state index in [9.17, 15) is 0 Å². The lowest BCUT2D eigenvalue weighted by Gasteiger charge is -2.34. The fraction of sp³-hybridized carbons (Fsp3) is 0.571. The van der Waals surface area contributed by atoms with Crippen molar-refractivity contribution in [3.8, 4) is 0 Å². The summed E-state index contributed by atoms with van der Waals surface area (Å²) in [4.78, 5) is 5.08. The van der Waals surface area contributed by atoms with Gasteiger partial charge in [0.25, 0.3) is 0 Å². The zero-order valence-corrected chi connectivity index (χ0v) is 15.9. The summed E-state index contributed by atoms with van der Waals surface area (Å²) in [7, 11) is 0. The SMILES string of the molecule is CC1=C2CN(CCc3ccccc3)N=C2CCN1CCN1CCOCC1. The quantitative estimate of drug-likeness (QED) is 0.784. The minimum absolute atomic E-state index is 0.882. The molecule has 1 fully saturated rings. The van der Waals surface area contributed by atoms with Crippen LogP contribution >= 0.6 is 0 Å². The van der Waals surface area contributed by atoms with Gasteiger partial charge in [-0.2, -0.15) is 5.10 Å². The summed E-state index contributed by atoms with van der Waals surface area (Å²) < 4.78 is 5.45. The van der Waals surface area contributed by atoms with Crippen LogP contribution in [0.25, 0.3) is 0 Å². The number of hydrazone groups is 1. The molecule has 3 heterocycles. The summed E-state index contributed by atoms with van der Waals surface area (Å²) in [6.45, 7) is 11.5. The molecule has 0 atom stereocenters. The Morgan fingerprint density at radius 1 is 1.00 bits per heavy atom. The van der Waals surface area contributed by atoms with Gasteiger partial charge in [-0.3, -0.25) is 9.91 Å². The highest BCUT2D eigenvalue weighted by Gasteiger charge is 2.28. The molecule has 0 bridgehead atoms. The minimum Gasteiger partial charge on any atom is -0.379 e. The van der Waals surface area contributed by atoms with Crippen molar-refractivity contribution >= 4 is 5.71 Å². The van der Waals surface area contributed by atoms with Gasteiger partial charge in [-0.15, -0.1) is 0 Å². The highest BCUT2D eigenvalue weighted by molar-refractivity contribution is 6.03. The molecule has 1 saturated heterocycles. The Labute approximate surface area is 156 Å². The molecule has 0 aromatic heterocycles. The third-order valence-electron chi connectivity index (χ3n) is 5.77. The number of fused-ring (bicyclic) bond motifs is 1. The number of hydrogen-bond donors (Lipinski definition) is 0. The summed E-state index contributed by atoms with van der Waals surface area (Å²) in [5.41, 5.74) is 5.61. The number of allylic oxidation sites excluding steroid dienone is 1. The monoisotopic (exact) mass is 354 g/mol. The largest absolute Gasteiger partial charge is 0.379 e. The van der Waals surface area contributed by atoms with Gasteiger partial charge >= 0.3 is 0 Å². The van der Waals surface area contributed by atoms with E-state index in [1.807, 2.05) is 0 Å². The molecule has 0 unspecified atom stereocenters. The standard InChI is InChI=1S/C21H30N4O/c1-18-20-17-25(10-7-19-5-3-2-4-6-19)22-21(20)8-9-24(18)12-11-23-13-15-26-16-14-23/h2-6H,7-17H2,1H3. The zero-order chi connectivity index (χ0) is 17.8. The zero-order valence-electron chi connectivity index (χ0n) is 15.9. The number of nitrogens with zero attached hydrogens (tertiary/aromatic N) is 4. The lowest BCUT2D eigenvalue weighted by molar-refractivity contribution is 0.0348. The van der Waals surface area contributed by atoms with E-state index in [1.54, 1.807) is 0 Å². The van der Waals surface area contributed by atoms with Gasteiger partial charge in [0.05, 0.1) is 25.5 Å². The van der Waals surface area contributed by atoms with Gasteiger partial charge in [0, 0.05) is 57.0 Å². The smallest absolute Gasteiger partial charge is 0.0690 e. The highest BCUT2D eigenvalue weighted by Crippen LogP contribution is 2.26. The Balaban J connectivity index is 1.32. The van der Waals surface area contributed by atoms with Gasteiger partial charge in [0.2, 0.25) is 0 Å². The summed E-state index contributed by atoms with van der Waals surface area (Å²) in [5.74, 6) is 0. The van der Waals surface area contributed by atoms with Crippen LogP contribution in [0.1, 0.15) is 18.9 Å². The molecular weight excluding hydrogens is 324 g/mol. The molecule has 3 aliphatic rings. The Morgan fingerprint density at radius 3 is 2.62 bits per heavy atom. The van der Waals surface area contributed by atoms with E-state index in [2.05, 4.69) is 52.1 Å². The summed E-state index contributed by atoms with van der Waals surface area (Å²) in [6, 6.07) is 10.7. The molecule has 0 saturated carbocycles. The van der Waals surface area contributed by atoms with Crippen LogP contribution in [0.15, 0.2) is 46.7 Å². The second kappa shape index (κ2) is 8.23. The van der Waals surface area contributed by atoms with Crippen LogP contribution in [0.4, 0.5) is 0 Å². The molecule has 1 aromatic rings. The highest BCUT2D eigenvalue weighted by atomic mass is 16.5. The molecule has 26 heavy (non-hydrogen) atoms. The first-order valence-electron chi connectivity index (χ1n) is 9.91. The number of morpholine rings is 1. The maximum absolute atomic E-state index is 5.45. The number of ether oxygens (including phenoxy) is 1. The summed E-state index contributed by atoms with van der Waals surface area (Å²) >= 11 is 0. The maximum Gasteiger partial charge on any atom is 0.0690 e. The lowest BCUT2D eigenvalue weighted by atomic mass is 10.0. The molecule has 4 rings (SSSR count). The second-order valence-corrected chi connectivity index (χ2v) is 7.43. The third-order valence-corrected chi connectivity index (χ3v) is 5.77. The molecule has 5 heteroatoms. The van der Waals surface area contributed by atoms with Gasteiger partial charge in [-0.05, 0) is 18.9 Å². The minimum atomic E-state index is 0.882.